The van der Waals surface area contributed by atoms with E-state index in [2.05, 4.69) is 0 Å². The summed E-state index contributed by atoms with van der Waals surface area (Å²) in [6, 6.07) is 7.70. The molecule has 2 rings (SSSR count). The van der Waals surface area contributed by atoms with Crippen LogP contribution in [0.5, 0.6) is 0 Å². The summed E-state index contributed by atoms with van der Waals surface area (Å²) in [5.74, 6) is 0.0744. The first kappa shape index (κ1) is 18.4. The van der Waals surface area contributed by atoms with Gasteiger partial charge in [-0.3, -0.25) is 0 Å². The molecule has 0 spiro atoms. The number of hydrogen-bond acceptors (Lipinski definition) is 3. The molecule has 1 aromatic carbocycles. The SMILES string of the molecule is Cc1ccccc1CS(=O)(=O)N1CCC(N)C(C)(C)C1.Cl. The minimum Gasteiger partial charge on any atom is -0.327 e. The van der Waals surface area contributed by atoms with Gasteiger partial charge in [0.15, 0.2) is 0 Å². The molecule has 1 fully saturated rings. The number of halogens is 1. The fourth-order valence-electron chi connectivity index (χ4n) is 2.62. The molecule has 0 aliphatic carbocycles. The molecule has 1 atom stereocenters. The standard InChI is InChI=1S/C15H24N2O2S.ClH/c1-12-6-4-5-7-13(12)10-20(18,19)17-9-8-14(16)15(2,3)11-17;/h4-7,14H,8-11,16H2,1-3H3;1H. The largest absolute Gasteiger partial charge is 0.327 e. The Kier molecular flexibility index (Phi) is 5.83. The summed E-state index contributed by atoms with van der Waals surface area (Å²) in [4.78, 5) is 0. The van der Waals surface area contributed by atoms with E-state index >= 15 is 0 Å². The van der Waals surface area contributed by atoms with Crippen molar-refractivity contribution in [3.8, 4) is 0 Å². The monoisotopic (exact) mass is 332 g/mol. The summed E-state index contributed by atoms with van der Waals surface area (Å²) < 4.78 is 26.8. The average molecular weight is 333 g/mol. The molecule has 1 unspecified atom stereocenters. The molecule has 0 saturated carbocycles. The molecule has 0 amide bonds. The molecule has 1 saturated heterocycles. The van der Waals surface area contributed by atoms with Crippen molar-refractivity contribution >= 4 is 22.4 Å². The molecule has 4 nitrogen and oxygen atoms in total. The Hall–Kier alpha value is -0.620. The van der Waals surface area contributed by atoms with Gasteiger partial charge in [0.05, 0.1) is 5.75 Å². The van der Waals surface area contributed by atoms with Crippen LogP contribution in [0.4, 0.5) is 0 Å². The van der Waals surface area contributed by atoms with Crippen molar-refractivity contribution in [2.75, 3.05) is 13.1 Å². The van der Waals surface area contributed by atoms with E-state index in [9.17, 15) is 8.42 Å². The van der Waals surface area contributed by atoms with Crippen LogP contribution in [0.25, 0.3) is 0 Å². The van der Waals surface area contributed by atoms with Gasteiger partial charge in [-0.25, -0.2) is 12.7 Å². The Bertz CT molecular complexity index is 587. The van der Waals surface area contributed by atoms with E-state index in [-0.39, 0.29) is 29.6 Å². The highest BCUT2D eigenvalue weighted by atomic mass is 35.5. The molecular weight excluding hydrogens is 308 g/mol. The Morgan fingerprint density at radius 1 is 1.33 bits per heavy atom. The van der Waals surface area contributed by atoms with E-state index in [1.807, 2.05) is 45.0 Å². The summed E-state index contributed by atoms with van der Waals surface area (Å²) in [7, 11) is -3.28. The van der Waals surface area contributed by atoms with Crippen LogP contribution in [0.2, 0.25) is 0 Å². The predicted octanol–water partition coefficient (Wildman–Crippen LogP) is 2.31. The highest BCUT2D eigenvalue weighted by Crippen LogP contribution is 2.30. The molecule has 120 valence electrons. The van der Waals surface area contributed by atoms with Gasteiger partial charge in [0, 0.05) is 19.1 Å². The second-order valence-corrected chi connectivity index (χ2v) is 8.37. The van der Waals surface area contributed by atoms with Gasteiger partial charge in [-0.1, -0.05) is 38.1 Å². The molecule has 2 N–H and O–H groups in total. The molecular formula is C15H25ClN2O2S. The first-order chi connectivity index (χ1) is 9.22. The smallest absolute Gasteiger partial charge is 0.218 e. The zero-order valence-electron chi connectivity index (χ0n) is 12.9. The molecule has 1 heterocycles. The van der Waals surface area contributed by atoms with Crippen LogP contribution >= 0.6 is 12.4 Å². The van der Waals surface area contributed by atoms with Crippen LogP contribution in [0.3, 0.4) is 0 Å². The molecule has 0 radical (unpaired) electrons. The zero-order chi connectivity index (χ0) is 15.0. The lowest BCUT2D eigenvalue weighted by atomic mass is 9.81. The van der Waals surface area contributed by atoms with Crippen LogP contribution < -0.4 is 5.73 Å². The molecule has 1 aliphatic heterocycles. The van der Waals surface area contributed by atoms with Crippen LogP contribution in [-0.2, 0) is 15.8 Å². The lowest BCUT2D eigenvalue weighted by Crippen LogP contribution is -2.54. The van der Waals surface area contributed by atoms with Crippen LogP contribution in [0.1, 0.15) is 31.4 Å². The lowest BCUT2D eigenvalue weighted by Gasteiger charge is -2.41. The van der Waals surface area contributed by atoms with Crippen molar-refractivity contribution < 1.29 is 8.42 Å². The number of aryl methyl sites for hydroxylation is 1. The Labute approximate surface area is 134 Å². The van der Waals surface area contributed by atoms with Gasteiger partial charge >= 0.3 is 0 Å². The minimum absolute atomic E-state index is 0. The molecule has 0 aromatic heterocycles. The van der Waals surface area contributed by atoms with Crippen molar-refractivity contribution in [1.29, 1.82) is 0 Å². The fourth-order valence-corrected chi connectivity index (χ4v) is 4.43. The van der Waals surface area contributed by atoms with Crippen molar-refractivity contribution in [2.24, 2.45) is 11.1 Å². The maximum atomic E-state index is 12.6. The Morgan fingerprint density at radius 3 is 2.52 bits per heavy atom. The van der Waals surface area contributed by atoms with Crippen LogP contribution in [-0.4, -0.2) is 31.9 Å². The number of nitrogens with zero attached hydrogens (tertiary/aromatic N) is 1. The van der Waals surface area contributed by atoms with E-state index in [1.54, 1.807) is 4.31 Å². The molecule has 21 heavy (non-hydrogen) atoms. The third-order valence-electron chi connectivity index (χ3n) is 4.27. The topological polar surface area (TPSA) is 63.4 Å². The third kappa shape index (κ3) is 4.19. The number of rotatable bonds is 3. The quantitative estimate of drug-likeness (QED) is 0.923. The summed E-state index contributed by atoms with van der Waals surface area (Å²) >= 11 is 0. The molecule has 0 bridgehead atoms. The van der Waals surface area contributed by atoms with Gasteiger partial charge < -0.3 is 5.73 Å². The lowest BCUT2D eigenvalue weighted by molar-refractivity contribution is 0.155. The minimum atomic E-state index is -3.28. The summed E-state index contributed by atoms with van der Waals surface area (Å²) in [5.41, 5.74) is 7.80. The average Bonchev–Trinajstić information content (AvgIpc) is 2.35. The first-order valence-electron chi connectivity index (χ1n) is 7.00. The van der Waals surface area contributed by atoms with Gasteiger partial charge in [0.2, 0.25) is 10.0 Å². The maximum Gasteiger partial charge on any atom is 0.218 e. The van der Waals surface area contributed by atoms with Crippen molar-refractivity contribution in [3.05, 3.63) is 35.4 Å². The van der Waals surface area contributed by atoms with E-state index < -0.39 is 10.0 Å². The van der Waals surface area contributed by atoms with Gasteiger partial charge in [0.25, 0.3) is 0 Å². The Balaban J connectivity index is 0.00000220. The third-order valence-corrected chi connectivity index (χ3v) is 6.04. The normalized spacial score (nSPS) is 22.6. The van der Waals surface area contributed by atoms with Gasteiger partial charge in [-0.05, 0) is 29.9 Å². The van der Waals surface area contributed by atoms with Gasteiger partial charge in [-0.15, -0.1) is 12.4 Å². The predicted molar refractivity (Wildman–Crippen MR) is 89.0 cm³/mol. The van der Waals surface area contributed by atoms with Gasteiger partial charge in [0.1, 0.15) is 0 Å². The molecule has 6 heteroatoms. The van der Waals surface area contributed by atoms with E-state index in [0.717, 1.165) is 17.5 Å². The van der Waals surface area contributed by atoms with E-state index in [0.29, 0.717) is 13.1 Å². The highest BCUT2D eigenvalue weighted by Gasteiger charge is 2.38. The second kappa shape index (κ2) is 6.65. The summed E-state index contributed by atoms with van der Waals surface area (Å²) in [6.45, 7) is 7.04. The van der Waals surface area contributed by atoms with E-state index in [1.165, 1.54) is 0 Å². The Morgan fingerprint density at radius 2 is 1.95 bits per heavy atom. The molecule has 1 aromatic rings. The van der Waals surface area contributed by atoms with Crippen LogP contribution in [0.15, 0.2) is 24.3 Å². The second-order valence-electron chi connectivity index (χ2n) is 6.40. The number of sulfonamides is 1. The van der Waals surface area contributed by atoms with Crippen molar-refractivity contribution in [1.82, 2.24) is 4.31 Å². The van der Waals surface area contributed by atoms with Crippen LogP contribution in [0, 0.1) is 12.3 Å². The molecule has 1 aliphatic rings. The highest BCUT2D eigenvalue weighted by molar-refractivity contribution is 7.88. The number of benzene rings is 1. The summed E-state index contributed by atoms with van der Waals surface area (Å²) in [5, 5.41) is 0. The van der Waals surface area contributed by atoms with Gasteiger partial charge in [-0.2, -0.15) is 0 Å². The van der Waals surface area contributed by atoms with Crippen molar-refractivity contribution in [2.45, 2.75) is 39.0 Å². The van der Waals surface area contributed by atoms with Crippen molar-refractivity contribution in [3.63, 3.8) is 0 Å². The first-order valence-corrected chi connectivity index (χ1v) is 8.61. The fraction of sp³-hybridized carbons (Fsp3) is 0.600. The maximum absolute atomic E-state index is 12.6. The number of nitrogens with two attached hydrogens (primary N) is 1. The zero-order valence-corrected chi connectivity index (χ0v) is 14.5. The number of piperidine rings is 1. The number of hydrogen-bond donors (Lipinski definition) is 1. The van der Waals surface area contributed by atoms with E-state index in [4.69, 9.17) is 5.73 Å². The summed E-state index contributed by atoms with van der Waals surface area (Å²) in [6.07, 6.45) is 0.722.